The van der Waals surface area contributed by atoms with Crippen LogP contribution in [0, 0.1) is 6.92 Å². The van der Waals surface area contributed by atoms with E-state index in [0.29, 0.717) is 23.7 Å². The predicted octanol–water partition coefficient (Wildman–Crippen LogP) is 4.23. The average molecular weight is 425 g/mol. The molecule has 0 saturated carbocycles. The van der Waals surface area contributed by atoms with Gasteiger partial charge in [0, 0.05) is 12.2 Å². The van der Waals surface area contributed by atoms with Crippen LogP contribution in [0.3, 0.4) is 0 Å². The minimum Gasteiger partial charge on any atom is -0.484 e. The molecule has 0 fully saturated rings. The Hall–Kier alpha value is -3.32. The Bertz CT molecular complexity index is 1080. The van der Waals surface area contributed by atoms with Gasteiger partial charge in [0.2, 0.25) is 0 Å². The summed E-state index contributed by atoms with van der Waals surface area (Å²) in [6.45, 7) is 3.93. The highest BCUT2D eigenvalue weighted by atomic mass is 32.2. The monoisotopic (exact) mass is 424 g/mol. The average Bonchev–Trinajstić information content (AvgIpc) is 2.75. The molecule has 0 unspecified atom stereocenters. The number of amides is 1. The number of carbonyl (C=O) groups excluding carboxylic acids is 1. The topological polar surface area (TPSA) is 75.7 Å². The van der Waals surface area contributed by atoms with Gasteiger partial charge in [-0.05, 0) is 62.4 Å². The highest BCUT2D eigenvalue weighted by Crippen LogP contribution is 2.24. The van der Waals surface area contributed by atoms with Gasteiger partial charge in [-0.25, -0.2) is 8.42 Å². The van der Waals surface area contributed by atoms with E-state index in [9.17, 15) is 13.2 Å². The first kappa shape index (κ1) is 21.4. The van der Waals surface area contributed by atoms with Gasteiger partial charge in [0.1, 0.15) is 5.75 Å². The summed E-state index contributed by atoms with van der Waals surface area (Å²) in [5.41, 5.74) is 2.20. The second kappa shape index (κ2) is 9.45. The molecule has 156 valence electrons. The van der Waals surface area contributed by atoms with Crippen LogP contribution in [-0.2, 0) is 14.8 Å². The molecule has 1 amide bonds. The molecule has 0 aromatic heterocycles. The summed E-state index contributed by atoms with van der Waals surface area (Å²) in [4.78, 5) is 12.3. The third-order valence-corrected chi connectivity index (χ3v) is 6.37. The van der Waals surface area contributed by atoms with Crippen molar-refractivity contribution in [1.82, 2.24) is 0 Å². The Morgan fingerprint density at radius 2 is 1.57 bits per heavy atom. The molecular weight excluding hydrogens is 400 g/mol. The summed E-state index contributed by atoms with van der Waals surface area (Å²) in [6.07, 6.45) is 0. The molecule has 3 rings (SSSR count). The van der Waals surface area contributed by atoms with Crippen LogP contribution in [0.2, 0.25) is 0 Å². The summed E-state index contributed by atoms with van der Waals surface area (Å²) >= 11 is 0. The minimum atomic E-state index is -3.70. The molecule has 30 heavy (non-hydrogen) atoms. The van der Waals surface area contributed by atoms with Crippen molar-refractivity contribution in [3.05, 3.63) is 84.4 Å². The Morgan fingerprint density at radius 1 is 0.933 bits per heavy atom. The summed E-state index contributed by atoms with van der Waals surface area (Å²) in [5.74, 6) is 0.281. The molecule has 0 bridgehead atoms. The lowest BCUT2D eigenvalue weighted by molar-refractivity contribution is -0.118. The molecule has 3 aromatic carbocycles. The number of aryl methyl sites for hydroxylation is 1. The Balaban J connectivity index is 1.65. The molecule has 6 nitrogen and oxygen atoms in total. The van der Waals surface area contributed by atoms with Crippen LogP contribution in [-0.4, -0.2) is 27.5 Å². The molecule has 0 spiro atoms. The molecule has 1 N–H and O–H groups in total. The summed E-state index contributed by atoms with van der Waals surface area (Å²) in [5, 5.41) is 2.70. The number of rotatable bonds is 8. The van der Waals surface area contributed by atoms with Gasteiger partial charge in [-0.3, -0.25) is 9.10 Å². The molecule has 3 aromatic rings. The van der Waals surface area contributed by atoms with Crippen LogP contribution in [0.25, 0.3) is 0 Å². The fourth-order valence-corrected chi connectivity index (χ4v) is 4.38. The van der Waals surface area contributed by atoms with E-state index in [4.69, 9.17) is 4.74 Å². The summed E-state index contributed by atoms with van der Waals surface area (Å²) in [6, 6.07) is 22.4. The van der Waals surface area contributed by atoms with Crippen molar-refractivity contribution in [2.24, 2.45) is 0 Å². The highest BCUT2D eigenvalue weighted by molar-refractivity contribution is 7.92. The van der Waals surface area contributed by atoms with Crippen molar-refractivity contribution in [2.75, 3.05) is 22.8 Å². The highest BCUT2D eigenvalue weighted by Gasteiger charge is 2.23. The van der Waals surface area contributed by atoms with Gasteiger partial charge in [-0.1, -0.05) is 35.9 Å². The Morgan fingerprint density at radius 3 is 2.17 bits per heavy atom. The van der Waals surface area contributed by atoms with Crippen molar-refractivity contribution < 1.29 is 17.9 Å². The van der Waals surface area contributed by atoms with Crippen LogP contribution in [0.4, 0.5) is 11.4 Å². The Labute approximate surface area is 177 Å². The number of hydrogen-bond donors (Lipinski definition) is 1. The van der Waals surface area contributed by atoms with Crippen LogP contribution < -0.4 is 14.4 Å². The Kier molecular flexibility index (Phi) is 6.74. The maximum absolute atomic E-state index is 13.0. The minimum absolute atomic E-state index is 0.138. The van der Waals surface area contributed by atoms with Crippen LogP contribution in [0.1, 0.15) is 12.5 Å². The van der Waals surface area contributed by atoms with E-state index in [2.05, 4.69) is 5.32 Å². The number of anilines is 2. The number of benzene rings is 3. The van der Waals surface area contributed by atoms with Gasteiger partial charge in [-0.15, -0.1) is 0 Å². The first-order valence-electron chi connectivity index (χ1n) is 9.57. The van der Waals surface area contributed by atoms with Gasteiger partial charge in [0.15, 0.2) is 6.61 Å². The predicted molar refractivity (Wildman–Crippen MR) is 118 cm³/mol. The lowest BCUT2D eigenvalue weighted by atomic mass is 10.2. The first-order chi connectivity index (χ1) is 14.4. The van der Waals surface area contributed by atoms with Crippen LogP contribution in [0.5, 0.6) is 5.75 Å². The van der Waals surface area contributed by atoms with E-state index in [-0.39, 0.29) is 17.4 Å². The zero-order valence-corrected chi connectivity index (χ0v) is 17.7. The van der Waals surface area contributed by atoms with E-state index in [0.717, 1.165) is 5.56 Å². The number of para-hydroxylation sites is 1. The number of ether oxygens (including phenoxy) is 1. The van der Waals surface area contributed by atoms with Gasteiger partial charge >= 0.3 is 0 Å². The lowest BCUT2D eigenvalue weighted by Gasteiger charge is -2.23. The smallest absolute Gasteiger partial charge is 0.264 e. The standard InChI is InChI=1S/C23H24N2O4S/c1-3-25(20-7-5-4-6-8-20)30(27,28)22-15-11-19(12-16-22)24-23(26)17-29-21-13-9-18(2)10-14-21/h4-16H,3,17H2,1-2H3,(H,24,26). The van der Waals surface area contributed by atoms with Crippen LogP contribution >= 0.6 is 0 Å². The normalized spacial score (nSPS) is 11.0. The number of nitrogens with zero attached hydrogens (tertiary/aromatic N) is 1. The van der Waals surface area contributed by atoms with E-state index >= 15 is 0 Å². The van der Waals surface area contributed by atoms with Gasteiger partial charge in [0.05, 0.1) is 10.6 Å². The maximum Gasteiger partial charge on any atom is 0.264 e. The summed E-state index contributed by atoms with van der Waals surface area (Å²) in [7, 11) is -3.70. The van der Waals surface area contributed by atoms with Gasteiger partial charge in [-0.2, -0.15) is 0 Å². The van der Waals surface area contributed by atoms with E-state index in [1.54, 1.807) is 55.5 Å². The van der Waals surface area contributed by atoms with Crippen molar-refractivity contribution in [2.45, 2.75) is 18.7 Å². The fourth-order valence-electron chi connectivity index (χ4n) is 2.90. The van der Waals surface area contributed by atoms with Gasteiger partial charge < -0.3 is 10.1 Å². The maximum atomic E-state index is 13.0. The van der Waals surface area contributed by atoms with E-state index in [1.165, 1.54) is 16.4 Å². The lowest BCUT2D eigenvalue weighted by Crippen LogP contribution is -2.30. The molecule has 7 heteroatoms. The third-order valence-electron chi connectivity index (χ3n) is 4.45. The third kappa shape index (κ3) is 5.18. The van der Waals surface area contributed by atoms with E-state index < -0.39 is 10.0 Å². The molecule has 0 radical (unpaired) electrons. The van der Waals surface area contributed by atoms with Crippen molar-refractivity contribution in [3.63, 3.8) is 0 Å². The van der Waals surface area contributed by atoms with Crippen molar-refractivity contribution >= 4 is 27.3 Å². The zero-order valence-electron chi connectivity index (χ0n) is 16.9. The number of carbonyl (C=O) groups is 1. The van der Waals surface area contributed by atoms with Gasteiger partial charge in [0.25, 0.3) is 15.9 Å². The van der Waals surface area contributed by atoms with Crippen molar-refractivity contribution in [1.29, 1.82) is 0 Å². The van der Waals surface area contributed by atoms with Crippen LogP contribution in [0.15, 0.2) is 83.8 Å². The second-order valence-electron chi connectivity index (χ2n) is 6.68. The van der Waals surface area contributed by atoms with Crippen molar-refractivity contribution in [3.8, 4) is 5.75 Å². The summed E-state index contributed by atoms with van der Waals surface area (Å²) < 4.78 is 32.8. The van der Waals surface area contributed by atoms with E-state index in [1.807, 2.05) is 25.1 Å². The fraction of sp³-hybridized carbons (Fsp3) is 0.174. The number of nitrogens with one attached hydrogen (secondary N) is 1. The largest absolute Gasteiger partial charge is 0.484 e. The SMILES string of the molecule is CCN(c1ccccc1)S(=O)(=O)c1ccc(NC(=O)COc2ccc(C)cc2)cc1. The zero-order chi connectivity index (χ0) is 21.6. The quantitative estimate of drug-likeness (QED) is 0.587. The number of sulfonamides is 1. The number of hydrogen-bond acceptors (Lipinski definition) is 4. The molecule has 0 aliphatic heterocycles. The molecule has 0 atom stereocenters. The molecule has 0 heterocycles. The molecular formula is C23H24N2O4S. The molecule has 0 aliphatic carbocycles. The first-order valence-corrected chi connectivity index (χ1v) is 11.0. The molecule has 0 saturated heterocycles. The second-order valence-corrected chi connectivity index (χ2v) is 8.54. The molecule has 0 aliphatic rings.